The van der Waals surface area contributed by atoms with Crippen molar-refractivity contribution in [3.8, 4) is 5.75 Å². The van der Waals surface area contributed by atoms with E-state index in [0.717, 1.165) is 11.8 Å². The van der Waals surface area contributed by atoms with Gasteiger partial charge in [0, 0.05) is 5.56 Å². The summed E-state index contributed by atoms with van der Waals surface area (Å²) >= 11 is 0. The summed E-state index contributed by atoms with van der Waals surface area (Å²) in [6.07, 6.45) is 7.92. The summed E-state index contributed by atoms with van der Waals surface area (Å²) in [6.45, 7) is 2.29. The maximum Gasteiger partial charge on any atom is 0.122 e. The lowest BCUT2D eigenvalue weighted by atomic mass is 9.88. The minimum absolute atomic E-state index is 0.552. The van der Waals surface area contributed by atoms with E-state index >= 15 is 0 Å². The van der Waals surface area contributed by atoms with Crippen molar-refractivity contribution in [2.75, 3.05) is 0 Å². The molecule has 3 aliphatic rings. The minimum Gasteiger partial charge on any atom is -0.507 e. The molecule has 0 saturated heterocycles. The highest BCUT2D eigenvalue weighted by Gasteiger charge is 2.39. The Kier molecular flexibility index (Phi) is 2.27. The number of phenolic OH excluding ortho intramolecular Hbond substituents is 1. The van der Waals surface area contributed by atoms with Crippen LogP contribution >= 0.6 is 0 Å². The highest BCUT2D eigenvalue weighted by Crippen LogP contribution is 2.54. The maximum absolute atomic E-state index is 10.7. The van der Waals surface area contributed by atoms with Gasteiger partial charge in [0.25, 0.3) is 0 Å². The third kappa shape index (κ3) is 1.60. The third-order valence-corrected chi connectivity index (χ3v) is 5.44. The Bertz CT molecular complexity index is 483. The Balaban J connectivity index is 1.75. The van der Waals surface area contributed by atoms with E-state index in [9.17, 15) is 5.11 Å². The highest BCUT2D eigenvalue weighted by atomic mass is 16.3. The number of phenols is 1. The van der Waals surface area contributed by atoms with E-state index in [4.69, 9.17) is 0 Å². The number of hydrogen-bond acceptors (Lipinski definition) is 1. The van der Waals surface area contributed by atoms with Crippen molar-refractivity contribution in [1.29, 1.82) is 0 Å². The zero-order valence-electron chi connectivity index (χ0n) is 11.2. The monoisotopic (exact) mass is 242 g/mol. The molecular formula is C17H22O. The summed E-state index contributed by atoms with van der Waals surface area (Å²) in [7, 11) is 0. The van der Waals surface area contributed by atoms with Crippen molar-refractivity contribution in [3.05, 3.63) is 28.8 Å². The fourth-order valence-electron chi connectivity index (χ4n) is 3.94. The van der Waals surface area contributed by atoms with Crippen molar-refractivity contribution >= 4 is 0 Å². The molecule has 1 aromatic carbocycles. The van der Waals surface area contributed by atoms with Crippen LogP contribution in [0.15, 0.2) is 12.1 Å². The van der Waals surface area contributed by atoms with Gasteiger partial charge < -0.3 is 5.11 Å². The number of hydrogen-bond donors (Lipinski definition) is 1. The Morgan fingerprint density at radius 1 is 1.11 bits per heavy atom. The van der Waals surface area contributed by atoms with Crippen molar-refractivity contribution in [2.45, 2.75) is 57.3 Å². The number of rotatable bonds is 3. The lowest BCUT2D eigenvalue weighted by Crippen LogP contribution is -2.02. The molecule has 1 heteroatoms. The van der Waals surface area contributed by atoms with Crippen LogP contribution < -0.4 is 0 Å². The molecule has 2 atom stereocenters. The van der Waals surface area contributed by atoms with Gasteiger partial charge in [0.15, 0.2) is 0 Å². The average Bonchev–Trinajstić information content (AvgIpc) is 3.26. The molecule has 1 aromatic rings. The van der Waals surface area contributed by atoms with Gasteiger partial charge in [0.1, 0.15) is 5.75 Å². The molecule has 0 amide bonds. The Hall–Kier alpha value is -0.980. The quantitative estimate of drug-likeness (QED) is 0.835. The third-order valence-electron chi connectivity index (χ3n) is 5.44. The number of benzene rings is 1. The number of aromatic hydroxyl groups is 1. The lowest BCUT2D eigenvalue weighted by molar-refractivity contribution is 0.442. The molecule has 2 saturated carbocycles. The Morgan fingerprint density at radius 2 is 1.89 bits per heavy atom. The molecule has 4 rings (SSSR count). The minimum atomic E-state index is 0.552. The number of fused-ring (bicyclic) bond motifs is 1. The fraction of sp³-hybridized carbons (Fsp3) is 0.647. The van der Waals surface area contributed by atoms with Gasteiger partial charge in [-0.3, -0.25) is 0 Å². The van der Waals surface area contributed by atoms with Crippen molar-refractivity contribution in [3.63, 3.8) is 0 Å². The lowest BCUT2D eigenvalue weighted by Gasteiger charge is -2.18. The molecular weight excluding hydrogens is 220 g/mol. The molecule has 1 nitrogen and oxygen atoms in total. The summed E-state index contributed by atoms with van der Waals surface area (Å²) in [6, 6.07) is 4.50. The van der Waals surface area contributed by atoms with Crippen LogP contribution in [0.2, 0.25) is 0 Å². The zero-order valence-corrected chi connectivity index (χ0v) is 11.2. The topological polar surface area (TPSA) is 20.2 Å². The maximum atomic E-state index is 10.7. The molecule has 2 unspecified atom stereocenters. The molecule has 0 aromatic heterocycles. The first-order valence-corrected chi connectivity index (χ1v) is 7.60. The van der Waals surface area contributed by atoms with Crippen LogP contribution in [0.1, 0.15) is 67.6 Å². The smallest absolute Gasteiger partial charge is 0.122 e. The van der Waals surface area contributed by atoms with Crippen LogP contribution in [0.3, 0.4) is 0 Å². The van der Waals surface area contributed by atoms with E-state index in [-0.39, 0.29) is 0 Å². The molecule has 2 fully saturated rings. The second-order valence-electron chi connectivity index (χ2n) is 6.68. The summed E-state index contributed by atoms with van der Waals surface area (Å²) in [5, 5.41) is 10.7. The molecule has 96 valence electrons. The summed E-state index contributed by atoms with van der Waals surface area (Å²) in [4.78, 5) is 0. The van der Waals surface area contributed by atoms with Crippen LogP contribution in [0.4, 0.5) is 0 Å². The summed E-state index contributed by atoms with van der Waals surface area (Å²) < 4.78 is 0. The predicted molar refractivity (Wildman–Crippen MR) is 73.0 cm³/mol. The number of aryl methyl sites for hydroxylation is 1. The molecule has 0 heterocycles. The van der Waals surface area contributed by atoms with Gasteiger partial charge in [-0.25, -0.2) is 0 Å². The van der Waals surface area contributed by atoms with Crippen LogP contribution in [0.5, 0.6) is 5.75 Å². The molecule has 0 spiro atoms. The van der Waals surface area contributed by atoms with Crippen molar-refractivity contribution in [2.24, 2.45) is 11.8 Å². The highest BCUT2D eigenvalue weighted by molar-refractivity contribution is 5.52. The van der Waals surface area contributed by atoms with Gasteiger partial charge in [-0.1, -0.05) is 19.1 Å². The molecule has 3 aliphatic carbocycles. The summed E-state index contributed by atoms with van der Waals surface area (Å²) in [5.41, 5.74) is 3.99. The van der Waals surface area contributed by atoms with Gasteiger partial charge in [0.2, 0.25) is 0 Å². The van der Waals surface area contributed by atoms with Gasteiger partial charge in [-0.2, -0.15) is 0 Å². The van der Waals surface area contributed by atoms with Gasteiger partial charge in [-0.05, 0) is 73.3 Å². The molecule has 0 radical (unpaired) electrons. The van der Waals surface area contributed by atoms with E-state index < -0.39 is 0 Å². The van der Waals surface area contributed by atoms with Crippen molar-refractivity contribution in [1.82, 2.24) is 0 Å². The van der Waals surface area contributed by atoms with E-state index in [2.05, 4.69) is 19.1 Å². The summed E-state index contributed by atoms with van der Waals surface area (Å²) in [5.74, 6) is 3.60. The molecule has 0 aliphatic heterocycles. The van der Waals surface area contributed by atoms with E-state index in [1.165, 1.54) is 55.2 Å². The second kappa shape index (κ2) is 3.76. The zero-order chi connectivity index (χ0) is 12.3. The first-order valence-electron chi connectivity index (χ1n) is 7.60. The van der Waals surface area contributed by atoms with E-state index in [1.54, 1.807) is 0 Å². The van der Waals surface area contributed by atoms with E-state index in [0.29, 0.717) is 17.6 Å². The van der Waals surface area contributed by atoms with E-state index in [1.807, 2.05) is 0 Å². The Labute approximate surface area is 109 Å². The Morgan fingerprint density at radius 3 is 2.56 bits per heavy atom. The molecule has 1 N–H and O–H groups in total. The van der Waals surface area contributed by atoms with Crippen LogP contribution in [0, 0.1) is 11.8 Å². The van der Waals surface area contributed by atoms with Crippen LogP contribution in [-0.2, 0) is 6.42 Å². The fourth-order valence-corrected chi connectivity index (χ4v) is 3.94. The SMILES string of the molecule is CC(c1ccc2c(c1O)C(C1CC1)CC2)C1CC1. The molecule has 0 bridgehead atoms. The van der Waals surface area contributed by atoms with Gasteiger partial charge in [-0.15, -0.1) is 0 Å². The largest absolute Gasteiger partial charge is 0.507 e. The van der Waals surface area contributed by atoms with Crippen molar-refractivity contribution < 1.29 is 5.11 Å². The molecule has 18 heavy (non-hydrogen) atoms. The first kappa shape index (κ1) is 10.9. The van der Waals surface area contributed by atoms with Gasteiger partial charge >= 0.3 is 0 Å². The second-order valence-corrected chi connectivity index (χ2v) is 6.68. The standard InChI is InChI=1S/C17H22O/c1-10(11-2-3-11)14-8-6-13-7-9-15(12-4-5-12)16(13)17(14)18/h6,8,10-12,15,18H,2-5,7,9H2,1H3. The predicted octanol–water partition coefficient (Wildman–Crippen LogP) is 4.35. The average molecular weight is 242 g/mol. The van der Waals surface area contributed by atoms with Crippen LogP contribution in [-0.4, -0.2) is 5.11 Å². The normalized spacial score (nSPS) is 28.2. The van der Waals surface area contributed by atoms with Gasteiger partial charge in [0.05, 0.1) is 0 Å². The van der Waals surface area contributed by atoms with Crippen LogP contribution in [0.25, 0.3) is 0 Å². The first-order chi connectivity index (χ1) is 8.75.